The lowest BCUT2D eigenvalue weighted by Gasteiger charge is -2.33. The Labute approximate surface area is 172 Å². The molecule has 2 fully saturated rings. The van der Waals surface area contributed by atoms with E-state index in [1.165, 1.54) is 25.7 Å². The average Bonchev–Trinajstić information content (AvgIpc) is 3.12. The molecule has 1 amide bonds. The van der Waals surface area contributed by atoms with E-state index in [9.17, 15) is 4.79 Å². The number of benzene rings is 1. The Morgan fingerprint density at radius 2 is 1.62 bits per heavy atom. The largest absolute Gasteiger partial charge is 0.355 e. The van der Waals surface area contributed by atoms with E-state index >= 15 is 0 Å². The molecule has 3 heterocycles. The number of hydrogen-bond donors (Lipinski definition) is 1. The minimum Gasteiger partial charge on any atom is -0.355 e. The molecule has 0 atom stereocenters. The van der Waals surface area contributed by atoms with Gasteiger partial charge in [-0.25, -0.2) is 4.98 Å². The molecule has 5 heteroatoms. The van der Waals surface area contributed by atoms with Gasteiger partial charge in [-0.3, -0.25) is 4.79 Å². The van der Waals surface area contributed by atoms with Crippen LogP contribution in [-0.4, -0.2) is 34.4 Å². The van der Waals surface area contributed by atoms with E-state index in [1.54, 1.807) is 0 Å². The number of fused-ring (bicyclic) bond motifs is 3. The van der Waals surface area contributed by atoms with Crippen molar-refractivity contribution in [3.63, 3.8) is 0 Å². The van der Waals surface area contributed by atoms with Gasteiger partial charge in [0.2, 0.25) is 5.91 Å². The number of amides is 1. The standard InChI is InChI=1S/C24H30N4O/c29-24(25-19-8-3-1-2-4-9-19)18-13-16-27(17-14-18)23-22-12-7-15-28(22)21-11-6-5-10-20(21)26-23/h5-7,10-12,15,18-19H,1-4,8-9,13-14,16-17H2,(H,25,29). The number of carbonyl (C=O) groups excluding carboxylic acids is 1. The van der Waals surface area contributed by atoms with Gasteiger partial charge in [0.05, 0.1) is 16.6 Å². The maximum absolute atomic E-state index is 12.8. The van der Waals surface area contributed by atoms with Crippen LogP contribution in [0.5, 0.6) is 0 Å². The molecule has 5 nitrogen and oxygen atoms in total. The summed E-state index contributed by atoms with van der Waals surface area (Å²) in [6, 6.07) is 12.9. The number of nitrogens with zero attached hydrogens (tertiary/aromatic N) is 3. The molecule has 1 N–H and O–H groups in total. The fourth-order valence-corrected chi connectivity index (χ4v) is 5.04. The van der Waals surface area contributed by atoms with Crippen LogP contribution in [-0.2, 0) is 4.79 Å². The summed E-state index contributed by atoms with van der Waals surface area (Å²) in [6.07, 6.45) is 11.4. The van der Waals surface area contributed by atoms with Gasteiger partial charge in [0.15, 0.2) is 5.82 Å². The first-order valence-corrected chi connectivity index (χ1v) is 11.2. The molecule has 1 aromatic carbocycles. The van der Waals surface area contributed by atoms with Crippen LogP contribution < -0.4 is 10.2 Å². The Bertz CT molecular complexity index is 994. The summed E-state index contributed by atoms with van der Waals surface area (Å²) in [4.78, 5) is 20.2. The fourth-order valence-electron chi connectivity index (χ4n) is 5.04. The van der Waals surface area contributed by atoms with E-state index in [0.717, 1.165) is 61.1 Å². The van der Waals surface area contributed by atoms with Crippen LogP contribution in [0.1, 0.15) is 51.4 Å². The summed E-state index contributed by atoms with van der Waals surface area (Å²) in [5, 5.41) is 3.36. The number of anilines is 1. The molecular formula is C24H30N4O. The van der Waals surface area contributed by atoms with Crippen molar-refractivity contribution in [3.05, 3.63) is 42.6 Å². The Morgan fingerprint density at radius 3 is 2.41 bits per heavy atom. The molecule has 29 heavy (non-hydrogen) atoms. The number of nitrogens with one attached hydrogen (secondary N) is 1. The molecular weight excluding hydrogens is 360 g/mol. The molecule has 1 aliphatic carbocycles. The van der Waals surface area contributed by atoms with Crippen molar-refractivity contribution < 1.29 is 4.79 Å². The SMILES string of the molecule is O=C(NC1CCCCCC1)C1CCN(c2nc3ccccc3n3cccc23)CC1. The minimum absolute atomic E-state index is 0.137. The lowest BCUT2D eigenvalue weighted by Crippen LogP contribution is -2.44. The third kappa shape index (κ3) is 3.70. The monoisotopic (exact) mass is 390 g/mol. The number of para-hydroxylation sites is 2. The molecule has 0 bridgehead atoms. The fraction of sp³-hybridized carbons (Fsp3) is 0.500. The normalized spacial score (nSPS) is 19.5. The van der Waals surface area contributed by atoms with Gasteiger partial charge in [0.25, 0.3) is 0 Å². The number of hydrogen-bond acceptors (Lipinski definition) is 3. The van der Waals surface area contributed by atoms with Crippen LogP contribution in [0.25, 0.3) is 16.6 Å². The number of rotatable bonds is 3. The van der Waals surface area contributed by atoms with E-state index in [-0.39, 0.29) is 11.8 Å². The molecule has 0 radical (unpaired) electrons. The molecule has 3 aromatic rings. The number of carbonyl (C=O) groups is 1. The van der Waals surface area contributed by atoms with Crippen molar-refractivity contribution >= 4 is 28.3 Å². The van der Waals surface area contributed by atoms with Crippen molar-refractivity contribution in [3.8, 4) is 0 Å². The summed E-state index contributed by atoms with van der Waals surface area (Å²) in [5.41, 5.74) is 3.29. The summed E-state index contributed by atoms with van der Waals surface area (Å²) < 4.78 is 2.22. The van der Waals surface area contributed by atoms with Crippen LogP contribution in [0.3, 0.4) is 0 Å². The third-order valence-electron chi connectivity index (χ3n) is 6.71. The molecule has 152 valence electrons. The molecule has 0 unspecified atom stereocenters. The summed E-state index contributed by atoms with van der Waals surface area (Å²) >= 11 is 0. The highest BCUT2D eigenvalue weighted by molar-refractivity contribution is 5.85. The second-order valence-electron chi connectivity index (χ2n) is 8.65. The van der Waals surface area contributed by atoms with Crippen molar-refractivity contribution in [1.82, 2.24) is 14.7 Å². The van der Waals surface area contributed by atoms with Gasteiger partial charge in [0, 0.05) is 31.2 Å². The predicted octanol–water partition coefficient (Wildman–Crippen LogP) is 4.54. The predicted molar refractivity (Wildman–Crippen MR) is 117 cm³/mol. The maximum Gasteiger partial charge on any atom is 0.223 e. The highest BCUT2D eigenvalue weighted by atomic mass is 16.1. The zero-order chi connectivity index (χ0) is 19.6. The summed E-state index contributed by atoms with van der Waals surface area (Å²) in [7, 11) is 0. The van der Waals surface area contributed by atoms with E-state index < -0.39 is 0 Å². The highest BCUT2D eigenvalue weighted by Crippen LogP contribution is 2.29. The lowest BCUT2D eigenvalue weighted by atomic mass is 9.95. The molecule has 2 aliphatic rings. The topological polar surface area (TPSA) is 49.6 Å². The van der Waals surface area contributed by atoms with Crippen LogP contribution in [0.4, 0.5) is 5.82 Å². The molecule has 0 spiro atoms. The second-order valence-corrected chi connectivity index (χ2v) is 8.65. The first-order chi connectivity index (χ1) is 14.3. The van der Waals surface area contributed by atoms with E-state index in [4.69, 9.17) is 4.98 Å². The van der Waals surface area contributed by atoms with Crippen molar-refractivity contribution in [2.75, 3.05) is 18.0 Å². The first kappa shape index (κ1) is 18.5. The molecule has 1 saturated carbocycles. The van der Waals surface area contributed by atoms with Crippen molar-refractivity contribution in [2.24, 2.45) is 5.92 Å². The van der Waals surface area contributed by atoms with Gasteiger partial charge in [0.1, 0.15) is 0 Å². The van der Waals surface area contributed by atoms with Gasteiger partial charge in [-0.2, -0.15) is 0 Å². The van der Waals surface area contributed by atoms with Crippen LogP contribution >= 0.6 is 0 Å². The van der Waals surface area contributed by atoms with E-state index in [1.807, 2.05) is 6.07 Å². The van der Waals surface area contributed by atoms with Crippen LogP contribution in [0.15, 0.2) is 42.6 Å². The van der Waals surface area contributed by atoms with Crippen LogP contribution in [0, 0.1) is 5.92 Å². The zero-order valence-corrected chi connectivity index (χ0v) is 17.0. The van der Waals surface area contributed by atoms with E-state index in [0.29, 0.717) is 6.04 Å². The van der Waals surface area contributed by atoms with Gasteiger partial charge >= 0.3 is 0 Å². The number of piperidine rings is 1. The Balaban J connectivity index is 1.29. The molecule has 2 aromatic heterocycles. The lowest BCUT2D eigenvalue weighted by molar-refractivity contribution is -0.126. The summed E-state index contributed by atoms with van der Waals surface area (Å²) in [6.45, 7) is 1.77. The maximum atomic E-state index is 12.8. The average molecular weight is 391 g/mol. The van der Waals surface area contributed by atoms with E-state index in [2.05, 4.69) is 51.1 Å². The second kappa shape index (κ2) is 8.05. The molecule has 1 saturated heterocycles. The highest BCUT2D eigenvalue weighted by Gasteiger charge is 2.28. The Kier molecular flexibility index (Phi) is 5.13. The Hall–Kier alpha value is -2.56. The first-order valence-electron chi connectivity index (χ1n) is 11.2. The van der Waals surface area contributed by atoms with Crippen molar-refractivity contribution in [2.45, 2.75) is 57.4 Å². The quantitative estimate of drug-likeness (QED) is 0.668. The van der Waals surface area contributed by atoms with Gasteiger partial charge < -0.3 is 14.6 Å². The summed E-state index contributed by atoms with van der Waals surface area (Å²) in [5.74, 6) is 1.45. The molecule has 5 rings (SSSR count). The molecule has 1 aliphatic heterocycles. The van der Waals surface area contributed by atoms with Crippen molar-refractivity contribution in [1.29, 1.82) is 0 Å². The smallest absolute Gasteiger partial charge is 0.223 e. The van der Waals surface area contributed by atoms with Gasteiger partial charge in [-0.05, 0) is 49.9 Å². The van der Waals surface area contributed by atoms with Gasteiger partial charge in [-0.15, -0.1) is 0 Å². The minimum atomic E-state index is 0.137. The Morgan fingerprint density at radius 1 is 0.897 bits per heavy atom. The number of aromatic nitrogens is 2. The van der Waals surface area contributed by atoms with Crippen LogP contribution in [0.2, 0.25) is 0 Å². The third-order valence-corrected chi connectivity index (χ3v) is 6.71. The van der Waals surface area contributed by atoms with Gasteiger partial charge in [-0.1, -0.05) is 37.8 Å². The zero-order valence-electron chi connectivity index (χ0n) is 17.0.